The van der Waals surface area contributed by atoms with Gasteiger partial charge in [0.15, 0.2) is 0 Å². The molecule has 2 aromatic carbocycles. The third kappa shape index (κ3) is 2.42. The van der Waals surface area contributed by atoms with E-state index in [-0.39, 0.29) is 22.4 Å². The Balaban J connectivity index is 2.12. The van der Waals surface area contributed by atoms with Gasteiger partial charge in [0.05, 0.1) is 16.8 Å². The van der Waals surface area contributed by atoms with Gasteiger partial charge in [-0.2, -0.15) is 0 Å². The minimum atomic E-state index is -0.793. The second-order valence-electron chi connectivity index (χ2n) is 5.13. The first-order valence-electron chi connectivity index (χ1n) is 6.82. The summed E-state index contributed by atoms with van der Waals surface area (Å²) in [4.78, 5) is 40.3. The van der Waals surface area contributed by atoms with Crippen LogP contribution in [0.1, 0.15) is 36.6 Å². The number of amides is 3. The van der Waals surface area contributed by atoms with Crippen LogP contribution in [0.3, 0.4) is 0 Å². The highest BCUT2D eigenvalue weighted by atomic mass is 35.5. The fourth-order valence-corrected chi connectivity index (χ4v) is 2.69. The molecule has 24 heavy (non-hydrogen) atoms. The number of hydrogen-bond donors (Lipinski definition) is 0. The quantitative estimate of drug-likeness (QED) is 0.358. The fraction of sp³-hybridized carbons (Fsp3) is 0.0625. The van der Waals surface area contributed by atoms with E-state index in [2.05, 4.69) is 10.0 Å². The molecule has 7 nitrogen and oxygen atoms in total. The van der Waals surface area contributed by atoms with Gasteiger partial charge in [0.2, 0.25) is 5.91 Å². The second kappa shape index (κ2) is 5.81. The van der Waals surface area contributed by atoms with Gasteiger partial charge in [-0.15, -0.1) is 0 Å². The number of anilines is 1. The van der Waals surface area contributed by atoms with Crippen LogP contribution in [-0.4, -0.2) is 17.7 Å². The van der Waals surface area contributed by atoms with Gasteiger partial charge in [-0.3, -0.25) is 14.4 Å². The average Bonchev–Trinajstić information content (AvgIpc) is 2.79. The molecule has 0 fully saturated rings. The number of nitrogens with zero attached hydrogens (tertiary/aromatic N) is 4. The molecule has 0 saturated heterocycles. The van der Waals surface area contributed by atoms with Gasteiger partial charge in [0.25, 0.3) is 11.8 Å². The molecule has 0 spiro atoms. The van der Waals surface area contributed by atoms with Crippen LogP contribution in [-0.2, 0) is 0 Å². The predicted octanol–water partition coefficient (Wildman–Crippen LogP) is 3.90. The normalized spacial score (nSPS) is 12.8. The highest BCUT2D eigenvalue weighted by molar-refractivity contribution is 6.37. The third-order valence-electron chi connectivity index (χ3n) is 3.68. The molecule has 0 N–H and O–H groups in total. The second-order valence-corrected chi connectivity index (χ2v) is 5.57. The van der Waals surface area contributed by atoms with E-state index in [9.17, 15) is 14.4 Å². The zero-order valence-corrected chi connectivity index (χ0v) is 13.1. The van der Waals surface area contributed by atoms with Crippen molar-refractivity contribution in [2.75, 3.05) is 4.90 Å². The first kappa shape index (κ1) is 15.7. The first-order valence-corrected chi connectivity index (χ1v) is 7.20. The number of halogens is 1. The molecule has 3 rings (SSSR count). The Labute approximate surface area is 141 Å². The minimum absolute atomic E-state index is 0.0861. The molecule has 1 aliphatic heterocycles. The summed E-state index contributed by atoms with van der Waals surface area (Å²) in [5.74, 6) is -1.81. The SMILES string of the molecule is Cc1ccc(C(=O)N=[N+]=[N-])cc1N1C(=O)c2ccc(Cl)cc2C1=O. The summed E-state index contributed by atoms with van der Waals surface area (Å²) in [7, 11) is 0. The van der Waals surface area contributed by atoms with Crippen molar-refractivity contribution in [3.8, 4) is 0 Å². The number of rotatable bonds is 2. The zero-order chi connectivity index (χ0) is 17.4. The Bertz CT molecular complexity index is 964. The smallest absolute Gasteiger partial charge is 0.266 e. The van der Waals surface area contributed by atoms with Gasteiger partial charge in [-0.05, 0) is 47.4 Å². The summed E-state index contributed by atoms with van der Waals surface area (Å²) >= 11 is 5.89. The Kier molecular flexibility index (Phi) is 3.81. The molecule has 0 unspecified atom stereocenters. The van der Waals surface area contributed by atoms with E-state index in [1.54, 1.807) is 13.0 Å². The Hall–Kier alpha value is -3.15. The molecule has 118 valence electrons. The molecule has 0 radical (unpaired) electrons. The fourth-order valence-electron chi connectivity index (χ4n) is 2.51. The van der Waals surface area contributed by atoms with Crippen LogP contribution in [0, 0.1) is 6.92 Å². The van der Waals surface area contributed by atoms with Gasteiger partial charge in [0.1, 0.15) is 0 Å². The van der Waals surface area contributed by atoms with Gasteiger partial charge in [-0.1, -0.05) is 23.7 Å². The molecular weight excluding hydrogens is 332 g/mol. The standard InChI is InChI=1S/C16H9ClN4O3/c1-8-2-3-9(14(22)19-20-18)6-13(8)21-15(23)11-5-4-10(17)7-12(11)16(21)24/h2-7H,1H3. The van der Waals surface area contributed by atoms with E-state index in [0.717, 1.165) is 4.90 Å². The van der Waals surface area contributed by atoms with Gasteiger partial charge >= 0.3 is 0 Å². The number of benzene rings is 2. The van der Waals surface area contributed by atoms with E-state index in [4.69, 9.17) is 17.1 Å². The van der Waals surface area contributed by atoms with Crippen LogP contribution in [0.25, 0.3) is 10.4 Å². The van der Waals surface area contributed by atoms with Crippen molar-refractivity contribution < 1.29 is 14.4 Å². The molecule has 0 bridgehead atoms. The molecule has 1 heterocycles. The maximum Gasteiger partial charge on any atom is 0.266 e. The zero-order valence-electron chi connectivity index (χ0n) is 12.4. The van der Waals surface area contributed by atoms with Crippen molar-refractivity contribution in [2.45, 2.75) is 6.92 Å². The number of carbonyl (C=O) groups excluding carboxylic acids is 3. The monoisotopic (exact) mass is 340 g/mol. The summed E-state index contributed by atoms with van der Waals surface area (Å²) in [6, 6.07) is 8.85. The Morgan fingerprint density at radius 2 is 1.83 bits per heavy atom. The van der Waals surface area contributed by atoms with Crippen LogP contribution >= 0.6 is 11.6 Å². The first-order chi connectivity index (χ1) is 11.4. The third-order valence-corrected chi connectivity index (χ3v) is 3.92. The number of azide groups is 1. The maximum atomic E-state index is 12.6. The predicted molar refractivity (Wildman–Crippen MR) is 87.2 cm³/mol. The Morgan fingerprint density at radius 3 is 2.54 bits per heavy atom. The highest BCUT2D eigenvalue weighted by Gasteiger charge is 2.37. The lowest BCUT2D eigenvalue weighted by Crippen LogP contribution is -2.30. The number of hydrogen-bond acceptors (Lipinski definition) is 3. The number of fused-ring (bicyclic) bond motifs is 1. The van der Waals surface area contributed by atoms with Crippen LogP contribution in [0.15, 0.2) is 41.5 Å². The summed E-state index contributed by atoms with van der Waals surface area (Å²) < 4.78 is 0. The van der Waals surface area contributed by atoms with Gasteiger partial charge in [0, 0.05) is 15.5 Å². The molecule has 0 saturated carbocycles. The van der Waals surface area contributed by atoms with E-state index >= 15 is 0 Å². The summed E-state index contributed by atoms with van der Waals surface area (Å²) in [6.07, 6.45) is 0. The molecule has 0 aliphatic carbocycles. The maximum absolute atomic E-state index is 12.6. The summed E-state index contributed by atoms with van der Waals surface area (Å²) in [5, 5.41) is 3.37. The largest absolute Gasteiger partial charge is 0.287 e. The number of imide groups is 1. The van der Waals surface area contributed by atoms with Crippen molar-refractivity contribution in [3.63, 3.8) is 0 Å². The van der Waals surface area contributed by atoms with Gasteiger partial charge < -0.3 is 0 Å². The lowest BCUT2D eigenvalue weighted by atomic mass is 10.1. The number of aryl methyl sites for hydroxylation is 1. The summed E-state index contributed by atoms with van der Waals surface area (Å²) in [5.41, 5.74) is 9.79. The van der Waals surface area contributed by atoms with Crippen LogP contribution < -0.4 is 4.90 Å². The average molecular weight is 341 g/mol. The molecule has 0 aromatic heterocycles. The molecular formula is C16H9ClN4O3. The molecule has 8 heteroatoms. The topological polar surface area (TPSA) is 103 Å². The van der Waals surface area contributed by atoms with Crippen molar-refractivity contribution >= 4 is 35.0 Å². The minimum Gasteiger partial charge on any atom is -0.287 e. The van der Waals surface area contributed by atoms with Crippen LogP contribution in [0.2, 0.25) is 5.02 Å². The van der Waals surface area contributed by atoms with E-state index in [0.29, 0.717) is 10.6 Å². The molecule has 2 aromatic rings. The van der Waals surface area contributed by atoms with E-state index in [1.807, 2.05) is 0 Å². The van der Waals surface area contributed by atoms with Crippen molar-refractivity contribution in [1.29, 1.82) is 0 Å². The highest BCUT2D eigenvalue weighted by Crippen LogP contribution is 2.32. The van der Waals surface area contributed by atoms with E-state index in [1.165, 1.54) is 30.3 Å². The van der Waals surface area contributed by atoms with Crippen molar-refractivity contribution in [2.24, 2.45) is 5.11 Å². The van der Waals surface area contributed by atoms with Gasteiger partial charge in [-0.25, -0.2) is 4.90 Å². The molecule has 3 amide bonds. The Morgan fingerprint density at radius 1 is 1.12 bits per heavy atom. The van der Waals surface area contributed by atoms with Crippen molar-refractivity contribution in [3.05, 3.63) is 74.1 Å². The molecule has 0 atom stereocenters. The lowest BCUT2D eigenvalue weighted by Gasteiger charge is -2.17. The molecule has 1 aliphatic rings. The van der Waals surface area contributed by atoms with Crippen molar-refractivity contribution in [1.82, 2.24) is 0 Å². The summed E-state index contributed by atoms with van der Waals surface area (Å²) in [6.45, 7) is 1.70. The number of carbonyl (C=O) groups is 3. The van der Waals surface area contributed by atoms with E-state index < -0.39 is 17.7 Å². The van der Waals surface area contributed by atoms with Crippen LogP contribution in [0.4, 0.5) is 5.69 Å². The lowest BCUT2D eigenvalue weighted by molar-refractivity contribution is 0.0923. The van der Waals surface area contributed by atoms with Crippen LogP contribution in [0.5, 0.6) is 0 Å².